The van der Waals surface area contributed by atoms with Crippen molar-refractivity contribution in [2.75, 3.05) is 0 Å². The highest BCUT2D eigenvalue weighted by molar-refractivity contribution is 6.91. The molecule has 270 valence electrons. The SMILES string of the molecule is C#CCC1CCCCC1.CC(C)[Si](C#CCC1CCCCC1)(C(C)C)C(C)C.CC(C)[Si](C#CCC1CCCCC1)(C(C)C)C(C)C. The van der Waals surface area contributed by atoms with Crippen molar-refractivity contribution in [2.24, 2.45) is 17.8 Å². The second kappa shape index (κ2) is 23.5. The number of hydrogen-bond donors (Lipinski definition) is 0. The van der Waals surface area contributed by atoms with Crippen molar-refractivity contribution in [1.82, 2.24) is 0 Å². The summed E-state index contributed by atoms with van der Waals surface area (Å²) >= 11 is 0. The van der Waals surface area contributed by atoms with Gasteiger partial charge in [0.25, 0.3) is 0 Å². The van der Waals surface area contributed by atoms with E-state index in [9.17, 15) is 0 Å². The van der Waals surface area contributed by atoms with Crippen molar-refractivity contribution in [2.45, 2.75) is 232 Å². The fraction of sp³-hybridized carbons (Fsp3) is 0.867. The summed E-state index contributed by atoms with van der Waals surface area (Å²) in [6, 6.07) is 0. The van der Waals surface area contributed by atoms with Crippen molar-refractivity contribution in [1.29, 1.82) is 0 Å². The van der Waals surface area contributed by atoms with Crippen LogP contribution in [-0.4, -0.2) is 16.1 Å². The lowest BCUT2D eigenvalue weighted by molar-refractivity contribution is 0.365. The number of hydrogen-bond acceptors (Lipinski definition) is 0. The Morgan fingerprint density at radius 1 is 0.404 bits per heavy atom. The van der Waals surface area contributed by atoms with Crippen LogP contribution in [0.3, 0.4) is 0 Å². The van der Waals surface area contributed by atoms with Gasteiger partial charge < -0.3 is 0 Å². The standard InChI is InChI=1S/2C18H34Si.C9H14/c2*1-15(2)19(16(3)4,17(5)6)14-10-13-18-11-8-7-9-12-18;1-2-6-9-7-4-3-5-8-9/h2*15-18H,7-9,11-13H2,1-6H3;1,9H,3-8H2. The molecule has 3 aliphatic carbocycles. The highest BCUT2D eigenvalue weighted by Gasteiger charge is 2.42. The first-order valence-corrected chi connectivity index (χ1v) is 25.1. The summed E-state index contributed by atoms with van der Waals surface area (Å²) in [7, 11) is -2.95. The molecule has 0 aromatic heterocycles. The lowest BCUT2D eigenvalue weighted by Crippen LogP contribution is -2.43. The lowest BCUT2D eigenvalue weighted by Gasteiger charge is -2.38. The van der Waals surface area contributed by atoms with Gasteiger partial charge in [-0.3, -0.25) is 0 Å². The summed E-state index contributed by atoms with van der Waals surface area (Å²) in [5.41, 5.74) is 12.4. The van der Waals surface area contributed by atoms with E-state index in [0.29, 0.717) is 0 Å². The third-order valence-corrected chi connectivity index (χ3v) is 25.4. The Hall–Kier alpha value is -0.886. The van der Waals surface area contributed by atoms with Crippen LogP contribution >= 0.6 is 0 Å². The van der Waals surface area contributed by atoms with E-state index in [4.69, 9.17) is 6.42 Å². The molecule has 3 rings (SSSR count). The Balaban J connectivity index is 0.000000375. The average Bonchev–Trinajstić information content (AvgIpc) is 3.03. The molecule has 0 saturated heterocycles. The van der Waals surface area contributed by atoms with Gasteiger partial charge in [0.1, 0.15) is 16.1 Å². The highest BCUT2D eigenvalue weighted by atomic mass is 28.3. The van der Waals surface area contributed by atoms with Gasteiger partial charge in [-0.05, 0) is 89.5 Å². The molecule has 0 radical (unpaired) electrons. The molecular formula is C45H82Si2. The Bertz CT molecular complexity index is 857. The molecule has 0 unspecified atom stereocenters. The minimum absolute atomic E-state index is 0.770. The van der Waals surface area contributed by atoms with Crippen molar-refractivity contribution in [3.8, 4) is 35.3 Å². The summed E-state index contributed by atoms with van der Waals surface area (Å²) in [6.45, 7) is 28.9. The Morgan fingerprint density at radius 3 is 0.851 bits per heavy atom. The Kier molecular flexibility index (Phi) is 22.1. The predicted molar refractivity (Wildman–Crippen MR) is 220 cm³/mol. The minimum Gasteiger partial charge on any atom is -0.130 e. The van der Waals surface area contributed by atoms with Crippen molar-refractivity contribution in [3.05, 3.63) is 0 Å². The summed E-state index contributed by atoms with van der Waals surface area (Å²) in [6.07, 6.45) is 29.9. The van der Waals surface area contributed by atoms with Crippen molar-refractivity contribution < 1.29 is 0 Å². The van der Waals surface area contributed by atoms with E-state index in [-0.39, 0.29) is 0 Å². The van der Waals surface area contributed by atoms with Crippen molar-refractivity contribution >= 4 is 16.1 Å². The quantitative estimate of drug-likeness (QED) is 0.168. The molecule has 0 aromatic rings. The maximum absolute atomic E-state index is 5.21. The zero-order valence-electron chi connectivity index (χ0n) is 34.0. The molecule has 47 heavy (non-hydrogen) atoms. The van der Waals surface area contributed by atoms with E-state index in [1.807, 2.05) is 0 Å². The molecule has 0 nitrogen and oxygen atoms in total. The first kappa shape index (κ1) is 44.1. The van der Waals surface area contributed by atoms with Crippen LogP contribution in [0.1, 0.15) is 199 Å². The molecule has 0 amide bonds. The third kappa shape index (κ3) is 14.5. The van der Waals surface area contributed by atoms with Crippen LogP contribution in [-0.2, 0) is 0 Å². The van der Waals surface area contributed by atoms with E-state index in [1.54, 1.807) is 0 Å². The predicted octanol–water partition coefficient (Wildman–Crippen LogP) is 14.9. The van der Waals surface area contributed by atoms with Gasteiger partial charge in [0.15, 0.2) is 0 Å². The summed E-state index contributed by atoms with van der Waals surface area (Å²) in [5, 5.41) is 0. The van der Waals surface area contributed by atoms with Crippen LogP contribution in [0, 0.1) is 53.0 Å². The summed E-state index contributed by atoms with van der Waals surface area (Å²) in [5.74, 6) is 12.7. The largest absolute Gasteiger partial charge is 0.145 e. The average molecular weight is 679 g/mol. The van der Waals surface area contributed by atoms with Gasteiger partial charge >= 0.3 is 0 Å². The van der Waals surface area contributed by atoms with Gasteiger partial charge in [-0.2, -0.15) is 0 Å². The molecule has 3 saturated carbocycles. The first-order valence-electron chi connectivity index (χ1n) is 20.7. The smallest absolute Gasteiger partial charge is 0.130 e. The summed E-state index contributed by atoms with van der Waals surface area (Å²) < 4.78 is 0. The van der Waals surface area contributed by atoms with Gasteiger partial charge in [0.2, 0.25) is 0 Å². The third-order valence-electron chi connectivity index (χ3n) is 12.7. The monoisotopic (exact) mass is 679 g/mol. The van der Waals surface area contributed by atoms with Crippen LogP contribution in [0.4, 0.5) is 0 Å². The fourth-order valence-electron chi connectivity index (χ4n) is 9.90. The van der Waals surface area contributed by atoms with Crippen molar-refractivity contribution in [3.63, 3.8) is 0 Å². The van der Waals surface area contributed by atoms with E-state index in [1.165, 1.54) is 109 Å². The van der Waals surface area contributed by atoms with Crippen LogP contribution in [0.25, 0.3) is 0 Å². The molecule has 0 spiro atoms. The number of terminal acetylenes is 1. The van der Waals surface area contributed by atoms with Gasteiger partial charge in [0, 0.05) is 19.3 Å². The molecule has 0 aliphatic heterocycles. The topological polar surface area (TPSA) is 0 Å². The second-order valence-electron chi connectivity index (χ2n) is 17.7. The number of rotatable bonds is 9. The van der Waals surface area contributed by atoms with Gasteiger partial charge in [-0.25, -0.2) is 0 Å². The molecule has 0 heterocycles. The molecule has 0 N–H and O–H groups in total. The molecule has 0 aromatic carbocycles. The van der Waals surface area contributed by atoms with Gasteiger partial charge in [-0.1, -0.05) is 141 Å². The molecule has 2 heteroatoms. The van der Waals surface area contributed by atoms with Crippen LogP contribution in [0.2, 0.25) is 33.2 Å². The second-order valence-corrected chi connectivity index (χ2v) is 28.9. The molecule has 0 atom stereocenters. The maximum Gasteiger partial charge on any atom is 0.145 e. The maximum atomic E-state index is 5.21. The zero-order valence-corrected chi connectivity index (χ0v) is 36.0. The van der Waals surface area contributed by atoms with Crippen LogP contribution < -0.4 is 0 Å². The molecular weight excluding hydrogens is 597 g/mol. The molecule has 3 fully saturated rings. The lowest BCUT2D eigenvalue weighted by atomic mass is 9.87. The fourth-order valence-corrected chi connectivity index (χ4v) is 20.5. The van der Waals surface area contributed by atoms with E-state index >= 15 is 0 Å². The first-order chi connectivity index (χ1) is 22.2. The normalized spacial score (nSPS) is 18.6. The van der Waals surface area contributed by atoms with E-state index in [2.05, 4.69) is 112 Å². The Morgan fingerprint density at radius 2 is 0.638 bits per heavy atom. The highest BCUT2D eigenvalue weighted by Crippen LogP contribution is 2.42. The minimum atomic E-state index is -1.47. The van der Waals surface area contributed by atoms with E-state index in [0.717, 1.165) is 57.4 Å². The molecule has 0 bridgehead atoms. The van der Waals surface area contributed by atoms with Gasteiger partial charge in [-0.15, -0.1) is 35.3 Å². The van der Waals surface area contributed by atoms with E-state index < -0.39 is 16.1 Å². The van der Waals surface area contributed by atoms with Gasteiger partial charge in [0.05, 0.1) is 0 Å². The molecule has 3 aliphatic rings. The van der Waals surface area contributed by atoms with Crippen LogP contribution in [0.15, 0.2) is 0 Å². The van der Waals surface area contributed by atoms with Crippen LogP contribution in [0.5, 0.6) is 0 Å². The zero-order chi connectivity index (χ0) is 35.5. The summed E-state index contributed by atoms with van der Waals surface area (Å²) in [4.78, 5) is 0. The Labute approximate surface area is 300 Å².